The van der Waals surface area contributed by atoms with Gasteiger partial charge in [-0.2, -0.15) is 13.2 Å². The van der Waals surface area contributed by atoms with Gasteiger partial charge in [0.25, 0.3) is 0 Å². The number of halogens is 4. The highest BCUT2D eigenvalue weighted by Crippen LogP contribution is 2.30. The van der Waals surface area contributed by atoms with Gasteiger partial charge in [-0.05, 0) is 48.9 Å². The van der Waals surface area contributed by atoms with E-state index in [2.05, 4.69) is 26.6 Å². The zero-order valence-corrected chi connectivity index (χ0v) is 13.8. The summed E-state index contributed by atoms with van der Waals surface area (Å²) in [6.07, 6.45) is -4.41. The molecule has 0 bridgehead atoms. The number of rotatable bonds is 4. The first-order chi connectivity index (χ1) is 10.8. The van der Waals surface area contributed by atoms with Crippen molar-refractivity contribution < 1.29 is 18.0 Å². The molecule has 122 valence electrons. The Kier molecular flexibility index (Phi) is 5.30. The summed E-state index contributed by atoms with van der Waals surface area (Å²) in [5.41, 5.74) is 1.02. The fourth-order valence-corrected chi connectivity index (χ4v) is 2.43. The summed E-state index contributed by atoms with van der Waals surface area (Å²) >= 11 is 3.33. The van der Waals surface area contributed by atoms with Crippen LogP contribution in [0.15, 0.2) is 46.9 Å². The van der Waals surface area contributed by atoms with Gasteiger partial charge in [-0.25, -0.2) is 0 Å². The molecule has 0 unspecified atom stereocenters. The number of carbonyl (C=O) groups is 1. The maximum absolute atomic E-state index is 12.6. The van der Waals surface area contributed by atoms with Crippen LogP contribution in [0.2, 0.25) is 0 Å². The molecule has 2 rings (SSSR count). The molecule has 2 aromatic rings. The van der Waals surface area contributed by atoms with Crippen molar-refractivity contribution in [1.29, 1.82) is 0 Å². The molecule has 0 saturated carbocycles. The van der Waals surface area contributed by atoms with Gasteiger partial charge < -0.3 is 10.6 Å². The van der Waals surface area contributed by atoms with Gasteiger partial charge in [0.1, 0.15) is 0 Å². The van der Waals surface area contributed by atoms with Gasteiger partial charge in [0.15, 0.2) is 0 Å². The van der Waals surface area contributed by atoms with Crippen LogP contribution in [0, 0.1) is 6.92 Å². The Labute approximate surface area is 140 Å². The molecule has 0 aliphatic heterocycles. The van der Waals surface area contributed by atoms with Gasteiger partial charge in [0.05, 0.1) is 12.1 Å². The van der Waals surface area contributed by atoms with Crippen molar-refractivity contribution in [3.05, 3.63) is 58.1 Å². The van der Waals surface area contributed by atoms with Crippen LogP contribution >= 0.6 is 15.9 Å². The fraction of sp³-hybridized carbons (Fsp3) is 0.188. The van der Waals surface area contributed by atoms with E-state index in [0.717, 1.165) is 22.2 Å². The number of benzene rings is 2. The molecule has 0 radical (unpaired) electrons. The quantitative estimate of drug-likeness (QED) is 0.790. The number of amides is 1. The summed E-state index contributed by atoms with van der Waals surface area (Å²) in [7, 11) is 0. The molecule has 0 aliphatic carbocycles. The van der Waals surface area contributed by atoms with E-state index in [1.54, 1.807) is 12.1 Å². The van der Waals surface area contributed by atoms with Crippen LogP contribution < -0.4 is 10.6 Å². The topological polar surface area (TPSA) is 41.1 Å². The minimum absolute atomic E-state index is 0.128. The van der Waals surface area contributed by atoms with Crippen molar-refractivity contribution in [3.63, 3.8) is 0 Å². The molecule has 0 saturated heterocycles. The van der Waals surface area contributed by atoms with Crippen molar-refractivity contribution in [1.82, 2.24) is 0 Å². The molecule has 2 N–H and O–H groups in total. The Morgan fingerprint density at radius 2 is 1.91 bits per heavy atom. The lowest BCUT2D eigenvalue weighted by Gasteiger charge is -2.12. The van der Waals surface area contributed by atoms with E-state index in [9.17, 15) is 18.0 Å². The largest absolute Gasteiger partial charge is 0.416 e. The van der Waals surface area contributed by atoms with Crippen LogP contribution in [-0.4, -0.2) is 12.5 Å². The zero-order chi connectivity index (χ0) is 17.0. The van der Waals surface area contributed by atoms with Gasteiger partial charge in [-0.15, -0.1) is 0 Å². The Hall–Kier alpha value is -2.02. The van der Waals surface area contributed by atoms with Crippen molar-refractivity contribution >= 4 is 33.2 Å². The lowest BCUT2D eigenvalue weighted by molar-refractivity contribution is -0.137. The molecule has 0 heterocycles. The summed E-state index contributed by atoms with van der Waals surface area (Å²) < 4.78 is 38.8. The second-order valence-electron chi connectivity index (χ2n) is 4.94. The lowest BCUT2D eigenvalue weighted by Crippen LogP contribution is -2.22. The molecular formula is C16H14BrF3N2O. The second kappa shape index (κ2) is 7.04. The Bertz CT molecular complexity index is 717. The molecule has 0 aromatic heterocycles. The molecule has 2 aromatic carbocycles. The molecular weight excluding hydrogens is 373 g/mol. The Balaban J connectivity index is 1.97. The van der Waals surface area contributed by atoms with E-state index < -0.39 is 11.7 Å². The van der Waals surface area contributed by atoms with E-state index in [1.807, 2.05) is 13.0 Å². The lowest BCUT2D eigenvalue weighted by atomic mass is 10.2. The van der Waals surface area contributed by atoms with Gasteiger partial charge in [0, 0.05) is 15.8 Å². The summed E-state index contributed by atoms with van der Waals surface area (Å²) in [6.45, 7) is 1.72. The maximum atomic E-state index is 12.6. The van der Waals surface area contributed by atoms with Gasteiger partial charge in [0.2, 0.25) is 5.91 Å². The van der Waals surface area contributed by atoms with Gasteiger partial charge >= 0.3 is 6.18 Å². The van der Waals surface area contributed by atoms with Crippen LogP contribution in [0.5, 0.6) is 0 Å². The summed E-state index contributed by atoms with van der Waals surface area (Å²) in [5, 5.41) is 5.39. The third kappa shape index (κ3) is 4.99. The highest BCUT2D eigenvalue weighted by Gasteiger charge is 2.30. The van der Waals surface area contributed by atoms with Crippen LogP contribution in [0.1, 0.15) is 11.1 Å². The van der Waals surface area contributed by atoms with E-state index in [0.29, 0.717) is 5.69 Å². The standard InChI is InChI=1S/C16H14BrF3N2O/c1-10-7-12(17)5-6-14(10)22-15(23)9-21-13-4-2-3-11(8-13)16(18,19)20/h2-8,21H,9H2,1H3,(H,22,23). The SMILES string of the molecule is Cc1cc(Br)ccc1NC(=O)CNc1cccc(C(F)(F)F)c1. The van der Waals surface area contributed by atoms with Crippen molar-refractivity contribution in [3.8, 4) is 0 Å². The average Bonchev–Trinajstić information content (AvgIpc) is 2.47. The number of aryl methyl sites for hydroxylation is 1. The van der Waals surface area contributed by atoms with E-state index in [-0.39, 0.29) is 18.1 Å². The number of anilines is 2. The summed E-state index contributed by atoms with van der Waals surface area (Å²) in [6, 6.07) is 10.1. The first-order valence-corrected chi connectivity index (χ1v) is 7.52. The van der Waals surface area contributed by atoms with E-state index in [1.165, 1.54) is 12.1 Å². The van der Waals surface area contributed by atoms with Crippen LogP contribution in [0.25, 0.3) is 0 Å². The van der Waals surface area contributed by atoms with Crippen molar-refractivity contribution in [2.24, 2.45) is 0 Å². The number of nitrogens with one attached hydrogen (secondary N) is 2. The molecule has 23 heavy (non-hydrogen) atoms. The van der Waals surface area contributed by atoms with E-state index >= 15 is 0 Å². The highest BCUT2D eigenvalue weighted by atomic mass is 79.9. The smallest absolute Gasteiger partial charge is 0.376 e. The third-order valence-corrected chi connectivity index (χ3v) is 3.60. The van der Waals surface area contributed by atoms with Crippen LogP contribution in [-0.2, 0) is 11.0 Å². The molecule has 3 nitrogen and oxygen atoms in total. The number of carbonyl (C=O) groups excluding carboxylic acids is 1. The molecule has 7 heteroatoms. The van der Waals surface area contributed by atoms with Crippen LogP contribution in [0.4, 0.5) is 24.5 Å². The van der Waals surface area contributed by atoms with Crippen LogP contribution in [0.3, 0.4) is 0 Å². The molecule has 0 aliphatic rings. The predicted molar refractivity (Wildman–Crippen MR) is 87.4 cm³/mol. The number of hydrogen-bond acceptors (Lipinski definition) is 2. The number of hydrogen-bond donors (Lipinski definition) is 2. The maximum Gasteiger partial charge on any atom is 0.416 e. The second-order valence-corrected chi connectivity index (χ2v) is 5.86. The first-order valence-electron chi connectivity index (χ1n) is 6.73. The van der Waals surface area contributed by atoms with Crippen molar-refractivity contribution in [2.45, 2.75) is 13.1 Å². The number of alkyl halides is 3. The summed E-state index contributed by atoms with van der Waals surface area (Å²) in [5.74, 6) is -0.340. The highest BCUT2D eigenvalue weighted by molar-refractivity contribution is 9.10. The van der Waals surface area contributed by atoms with E-state index in [4.69, 9.17) is 0 Å². The minimum Gasteiger partial charge on any atom is -0.376 e. The molecule has 1 amide bonds. The zero-order valence-electron chi connectivity index (χ0n) is 12.2. The molecule has 0 spiro atoms. The Morgan fingerprint density at radius 1 is 1.17 bits per heavy atom. The monoisotopic (exact) mass is 386 g/mol. The summed E-state index contributed by atoms with van der Waals surface area (Å²) in [4.78, 5) is 11.9. The first kappa shape index (κ1) is 17.3. The molecule has 0 fully saturated rings. The van der Waals surface area contributed by atoms with Gasteiger partial charge in [-0.3, -0.25) is 4.79 Å². The average molecular weight is 387 g/mol. The Morgan fingerprint density at radius 3 is 2.57 bits per heavy atom. The van der Waals surface area contributed by atoms with Crippen molar-refractivity contribution in [2.75, 3.05) is 17.2 Å². The normalized spacial score (nSPS) is 11.2. The minimum atomic E-state index is -4.41. The fourth-order valence-electron chi connectivity index (χ4n) is 1.95. The van der Waals surface area contributed by atoms with Gasteiger partial charge in [-0.1, -0.05) is 22.0 Å². The third-order valence-electron chi connectivity index (χ3n) is 3.11. The molecule has 0 atom stereocenters. The predicted octanol–water partition coefficient (Wildman–Crippen LogP) is 4.83.